The molecule has 0 unspecified atom stereocenters. The second kappa shape index (κ2) is 11.4. The Bertz CT molecular complexity index is 3480. The summed E-state index contributed by atoms with van der Waals surface area (Å²) in [4.78, 5) is 0. The Labute approximate surface area is 330 Å². The van der Waals surface area contributed by atoms with E-state index in [1.165, 1.54) is 121 Å². The molecule has 0 heterocycles. The summed E-state index contributed by atoms with van der Waals surface area (Å²) >= 11 is 0. The lowest BCUT2D eigenvalue weighted by Gasteiger charge is -2.31. The van der Waals surface area contributed by atoms with Crippen LogP contribution >= 0.6 is 0 Å². The third-order valence-electron chi connectivity index (χ3n) is 13.2. The highest BCUT2D eigenvalue weighted by Crippen LogP contribution is 2.64. The van der Waals surface area contributed by atoms with Gasteiger partial charge in [-0.25, -0.2) is 0 Å². The summed E-state index contributed by atoms with van der Waals surface area (Å²) in [7, 11) is 0. The number of fused-ring (bicyclic) bond motifs is 16. The summed E-state index contributed by atoms with van der Waals surface area (Å²) < 4.78 is 0. The number of hydrogen-bond acceptors (Lipinski definition) is 0. The summed E-state index contributed by atoms with van der Waals surface area (Å²) in [5.41, 5.74) is 15.3. The number of hydrogen-bond donors (Lipinski definition) is 0. The van der Waals surface area contributed by atoms with Crippen molar-refractivity contribution in [3.05, 3.63) is 229 Å². The maximum Gasteiger partial charge on any atom is 0.0725 e. The van der Waals surface area contributed by atoms with Gasteiger partial charge in [0.2, 0.25) is 0 Å². The zero-order chi connectivity index (χ0) is 37.2. The van der Waals surface area contributed by atoms with Crippen LogP contribution in [0.25, 0.3) is 98.4 Å². The molecule has 262 valence electrons. The minimum atomic E-state index is -0.485. The molecule has 11 aromatic carbocycles. The molecule has 0 aromatic heterocycles. The highest BCUT2D eigenvalue weighted by molar-refractivity contribution is 6.20. The minimum absolute atomic E-state index is 0.485. The van der Waals surface area contributed by atoms with E-state index in [1.54, 1.807) is 0 Å². The predicted octanol–water partition coefficient (Wildman–Crippen LogP) is 15.1. The van der Waals surface area contributed by atoms with Gasteiger partial charge in [-0.15, -0.1) is 0 Å². The minimum Gasteiger partial charge on any atom is -0.0619 e. The second-order valence-electron chi connectivity index (χ2n) is 15.9. The average molecular weight is 719 g/mol. The van der Waals surface area contributed by atoms with Crippen molar-refractivity contribution in [1.82, 2.24) is 0 Å². The van der Waals surface area contributed by atoms with Gasteiger partial charge in [-0.05, 0) is 145 Å². The lowest BCUT2D eigenvalue weighted by atomic mass is 9.70. The van der Waals surface area contributed by atoms with Crippen LogP contribution in [-0.2, 0) is 5.41 Å². The first-order valence-electron chi connectivity index (χ1n) is 20.0. The van der Waals surface area contributed by atoms with Crippen molar-refractivity contribution in [2.75, 3.05) is 0 Å². The van der Waals surface area contributed by atoms with E-state index in [9.17, 15) is 0 Å². The van der Waals surface area contributed by atoms with Gasteiger partial charge in [0.1, 0.15) is 0 Å². The summed E-state index contributed by atoms with van der Waals surface area (Å²) in [6, 6.07) is 77.8. The Hall–Kier alpha value is -7.28. The topological polar surface area (TPSA) is 0 Å². The Balaban J connectivity index is 1.15. The maximum atomic E-state index is 2.56. The fraction of sp³-hybridized carbons (Fsp3) is 0.0175. The SMILES string of the molecule is c1ccc2c(c1)-c1ccccc1C21c2cc(-c3c4ccccc4cc4c3ccc3ccccc34)ccc2-c2cc3cccc(-c4cccc5ccccc45)c3cc21. The van der Waals surface area contributed by atoms with Crippen LogP contribution in [0.4, 0.5) is 0 Å². The monoisotopic (exact) mass is 718 g/mol. The van der Waals surface area contributed by atoms with Crippen LogP contribution in [0.5, 0.6) is 0 Å². The fourth-order valence-corrected chi connectivity index (χ4v) is 10.9. The van der Waals surface area contributed by atoms with Crippen molar-refractivity contribution in [2.24, 2.45) is 0 Å². The second-order valence-corrected chi connectivity index (χ2v) is 15.9. The van der Waals surface area contributed by atoms with Crippen molar-refractivity contribution < 1.29 is 0 Å². The molecule has 0 saturated heterocycles. The van der Waals surface area contributed by atoms with Gasteiger partial charge in [0, 0.05) is 0 Å². The number of benzene rings is 11. The lowest BCUT2D eigenvalue weighted by molar-refractivity contribution is 0.795. The average Bonchev–Trinajstić information content (AvgIpc) is 3.73. The zero-order valence-electron chi connectivity index (χ0n) is 31.1. The first kappa shape index (κ1) is 31.0. The summed E-state index contributed by atoms with van der Waals surface area (Å²) in [5, 5.41) is 12.8. The van der Waals surface area contributed by atoms with Crippen LogP contribution in [-0.4, -0.2) is 0 Å². The molecule has 0 atom stereocenters. The zero-order valence-corrected chi connectivity index (χ0v) is 31.1. The first-order chi connectivity index (χ1) is 28.3. The van der Waals surface area contributed by atoms with Gasteiger partial charge in [-0.2, -0.15) is 0 Å². The van der Waals surface area contributed by atoms with Gasteiger partial charge < -0.3 is 0 Å². The molecule has 0 aliphatic heterocycles. The molecule has 13 rings (SSSR count). The van der Waals surface area contributed by atoms with Crippen molar-refractivity contribution in [3.63, 3.8) is 0 Å². The summed E-state index contributed by atoms with van der Waals surface area (Å²) in [6.07, 6.45) is 0. The molecule has 0 amide bonds. The summed E-state index contributed by atoms with van der Waals surface area (Å²) in [6.45, 7) is 0. The molecule has 1 spiro atoms. The molecule has 0 N–H and O–H groups in total. The third kappa shape index (κ3) is 4.07. The molecule has 2 aliphatic carbocycles. The van der Waals surface area contributed by atoms with Crippen molar-refractivity contribution in [2.45, 2.75) is 5.41 Å². The molecule has 11 aromatic rings. The third-order valence-corrected chi connectivity index (χ3v) is 13.2. The van der Waals surface area contributed by atoms with E-state index in [4.69, 9.17) is 0 Å². The van der Waals surface area contributed by atoms with Gasteiger partial charge in [0.25, 0.3) is 0 Å². The van der Waals surface area contributed by atoms with E-state index >= 15 is 0 Å². The maximum absolute atomic E-state index is 2.56. The van der Waals surface area contributed by atoms with Crippen LogP contribution in [0.1, 0.15) is 22.3 Å². The van der Waals surface area contributed by atoms with Crippen LogP contribution in [0.3, 0.4) is 0 Å². The summed E-state index contributed by atoms with van der Waals surface area (Å²) in [5.74, 6) is 0. The molecule has 0 radical (unpaired) electrons. The van der Waals surface area contributed by atoms with Gasteiger partial charge in [-0.3, -0.25) is 0 Å². The van der Waals surface area contributed by atoms with Gasteiger partial charge in [-0.1, -0.05) is 182 Å². The molecule has 0 nitrogen and oxygen atoms in total. The first-order valence-corrected chi connectivity index (χ1v) is 20.0. The normalized spacial score (nSPS) is 13.4. The predicted molar refractivity (Wildman–Crippen MR) is 241 cm³/mol. The van der Waals surface area contributed by atoms with E-state index in [-0.39, 0.29) is 0 Å². The Morgan fingerprint density at radius 2 is 0.754 bits per heavy atom. The Morgan fingerprint density at radius 3 is 1.53 bits per heavy atom. The van der Waals surface area contributed by atoms with Crippen LogP contribution in [0, 0.1) is 0 Å². The van der Waals surface area contributed by atoms with Crippen LogP contribution in [0.2, 0.25) is 0 Å². The highest BCUT2D eigenvalue weighted by atomic mass is 14.5. The van der Waals surface area contributed by atoms with Crippen LogP contribution in [0.15, 0.2) is 206 Å². The van der Waals surface area contributed by atoms with Crippen molar-refractivity contribution >= 4 is 53.9 Å². The van der Waals surface area contributed by atoms with Gasteiger partial charge in [0.05, 0.1) is 5.41 Å². The quantitative estimate of drug-likeness (QED) is 0.123. The molecule has 57 heavy (non-hydrogen) atoms. The van der Waals surface area contributed by atoms with Crippen LogP contribution < -0.4 is 0 Å². The number of rotatable bonds is 2. The van der Waals surface area contributed by atoms with Crippen molar-refractivity contribution in [3.8, 4) is 44.5 Å². The smallest absolute Gasteiger partial charge is 0.0619 e. The van der Waals surface area contributed by atoms with Gasteiger partial charge >= 0.3 is 0 Å². The molecule has 0 bridgehead atoms. The largest absolute Gasteiger partial charge is 0.0725 e. The van der Waals surface area contributed by atoms with E-state index in [1.807, 2.05) is 0 Å². The Morgan fingerprint density at radius 1 is 0.228 bits per heavy atom. The molecule has 0 heteroatoms. The van der Waals surface area contributed by atoms with E-state index in [0.717, 1.165) is 0 Å². The molecule has 0 saturated carbocycles. The fourth-order valence-electron chi connectivity index (χ4n) is 10.9. The van der Waals surface area contributed by atoms with E-state index in [2.05, 4.69) is 206 Å². The molecular formula is C57H34. The highest BCUT2D eigenvalue weighted by Gasteiger charge is 2.52. The Kier molecular flexibility index (Phi) is 6.19. The van der Waals surface area contributed by atoms with E-state index in [0.29, 0.717) is 0 Å². The standard InChI is InChI=1S/C57H34/c1-4-18-40-35(13-1)16-11-23-43(40)44-24-12-17-38-32-51-47-29-28-39(56-42-20-6-3-15-37(42)31-50-41-19-5-2-14-36(41)27-30-48(50)56)33-54(47)57(55(51)34-49(38)44)52-25-9-7-21-45(52)46-22-8-10-26-53(46)57/h1-34H. The van der Waals surface area contributed by atoms with E-state index < -0.39 is 5.41 Å². The molecule has 0 fully saturated rings. The lowest BCUT2D eigenvalue weighted by Crippen LogP contribution is -2.26. The molecular weight excluding hydrogens is 685 g/mol. The van der Waals surface area contributed by atoms with Gasteiger partial charge in [0.15, 0.2) is 0 Å². The van der Waals surface area contributed by atoms with Crippen molar-refractivity contribution in [1.29, 1.82) is 0 Å². The molecule has 2 aliphatic rings.